The van der Waals surface area contributed by atoms with Crippen LogP contribution >= 0.6 is 0 Å². The summed E-state index contributed by atoms with van der Waals surface area (Å²) < 4.78 is 28.2. The van der Waals surface area contributed by atoms with Crippen molar-refractivity contribution < 1.29 is 28.2 Å². The fourth-order valence-corrected chi connectivity index (χ4v) is 6.47. The molecule has 3 aromatic rings. The Kier molecular flexibility index (Phi) is 11.8. The number of benzene rings is 2. The van der Waals surface area contributed by atoms with Gasteiger partial charge in [0.1, 0.15) is 18.2 Å². The predicted octanol–water partition coefficient (Wildman–Crippen LogP) is 3.36. The number of hydrogen-bond acceptors (Lipinski definition) is 7. The molecule has 12 heteroatoms. The van der Waals surface area contributed by atoms with Crippen LogP contribution in [0.3, 0.4) is 0 Å². The molecule has 0 spiro atoms. The number of imidazole rings is 1. The lowest BCUT2D eigenvalue weighted by Crippen LogP contribution is -2.47. The van der Waals surface area contributed by atoms with Crippen molar-refractivity contribution in [2.75, 3.05) is 59.5 Å². The van der Waals surface area contributed by atoms with Crippen molar-refractivity contribution in [1.29, 1.82) is 0 Å². The Bertz CT molecular complexity index is 1530. The van der Waals surface area contributed by atoms with Crippen LogP contribution in [-0.4, -0.2) is 102 Å². The smallest absolute Gasteiger partial charge is 0.231 e. The Hall–Kier alpha value is -4.45. The van der Waals surface area contributed by atoms with E-state index < -0.39 is 11.7 Å². The first-order chi connectivity index (χ1) is 22.8. The second-order valence-electron chi connectivity index (χ2n) is 12.2. The van der Waals surface area contributed by atoms with E-state index in [1.54, 1.807) is 36.4 Å². The van der Waals surface area contributed by atoms with Gasteiger partial charge in [-0.15, -0.1) is 0 Å². The third-order valence-corrected chi connectivity index (χ3v) is 8.89. The van der Waals surface area contributed by atoms with Crippen molar-refractivity contribution in [2.45, 2.75) is 45.1 Å². The molecule has 47 heavy (non-hydrogen) atoms. The van der Waals surface area contributed by atoms with E-state index in [1.807, 2.05) is 34.2 Å². The van der Waals surface area contributed by atoms with E-state index in [-0.39, 0.29) is 37.3 Å². The summed E-state index contributed by atoms with van der Waals surface area (Å²) in [7, 11) is 1.58. The van der Waals surface area contributed by atoms with Crippen molar-refractivity contribution in [3.8, 4) is 22.9 Å². The van der Waals surface area contributed by atoms with Crippen molar-refractivity contribution in [3.05, 3.63) is 66.2 Å². The Morgan fingerprint density at radius 3 is 2.55 bits per heavy atom. The van der Waals surface area contributed by atoms with E-state index >= 15 is 0 Å². The maximum atomic E-state index is 14.4. The molecule has 1 fully saturated rings. The van der Waals surface area contributed by atoms with Crippen molar-refractivity contribution >= 4 is 17.7 Å². The van der Waals surface area contributed by atoms with Crippen LogP contribution < -0.4 is 15.2 Å². The zero-order chi connectivity index (χ0) is 33.2. The number of amides is 3. The van der Waals surface area contributed by atoms with E-state index in [1.165, 1.54) is 6.07 Å². The van der Waals surface area contributed by atoms with Gasteiger partial charge < -0.3 is 29.6 Å². The molecule has 1 unspecified atom stereocenters. The highest BCUT2D eigenvalue weighted by atomic mass is 19.1. The molecule has 11 nitrogen and oxygen atoms in total. The normalized spacial score (nSPS) is 18.5. The average Bonchev–Trinajstić information content (AvgIpc) is 3.53. The van der Waals surface area contributed by atoms with Crippen LogP contribution in [0.5, 0.6) is 11.5 Å². The first-order valence-corrected chi connectivity index (χ1v) is 16.5. The number of methoxy groups -OCH3 is 1. The van der Waals surface area contributed by atoms with Crippen molar-refractivity contribution in [2.24, 2.45) is 11.7 Å². The fraction of sp³-hybridized carbons (Fsp3) is 0.486. The Morgan fingerprint density at radius 2 is 1.77 bits per heavy atom. The topological polar surface area (TPSA) is 123 Å². The highest BCUT2D eigenvalue weighted by Crippen LogP contribution is 2.32. The first-order valence-electron chi connectivity index (χ1n) is 16.5. The summed E-state index contributed by atoms with van der Waals surface area (Å²) in [6.45, 7) is 4.16. The summed E-state index contributed by atoms with van der Waals surface area (Å²) in [5, 5.41) is 0. The van der Waals surface area contributed by atoms with Crippen LogP contribution in [-0.2, 0) is 27.3 Å². The maximum Gasteiger partial charge on any atom is 0.231 e. The Labute approximate surface area is 275 Å². The molecule has 3 amide bonds. The largest absolute Gasteiger partial charge is 0.493 e. The molecule has 1 saturated heterocycles. The van der Waals surface area contributed by atoms with Crippen LogP contribution in [0, 0.1) is 11.7 Å². The average molecular weight is 649 g/mol. The molecule has 1 aromatic heterocycles. The number of aryl methyl sites for hydroxylation is 1. The van der Waals surface area contributed by atoms with Gasteiger partial charge in [-0.1, -0.05) is 18.2 Å². The summed E-state index contributed by atoms with van der Waals surface area (Å²) in [6, 6.07) is 12.0. The van der Waals surface area contributed by atoms with E-state index in [0.29, 0.717) is 69.2 Å². The van der Waals surface area contributed by atoms with E-state index in [9.17, 15) is 18.8 Å². The number of aromatic nitrogens is 2. The van der Waals surface area contributed by atoms with Crippen LogP contribution in [0.1, 0.15) is 37.7 Å². The first kappa shape index (κ1) is 33.9. The number of likely N-dealkylation sites (tertiary alicyclic amines) is 1. The molecule has 2 bridgehead atoms. The number of fused-ring (bicyclic) bond motifs is 4. The number of ether oxygens (including phenoxy) is 2. The number of carbonyl (C=O) groups excluding carboxylic acids is 3. The number of hydrogen-bond donors (Lipinski definition) is 1. The number of piperidine rings is 1. The number of halogens is 1. The van der Waals surface area contributed by atoms with Crippen LogP contribution in [0.4, 0.5) is 4.39 Å². The van der Waals surface area contributed by atoms with Gasteiger partial charge in [0.2, 0.25) is 17.7 Å². The highest BCUT2D eigenvalue weighted by Gasteiger charge is 2.30. The number of nitrogens with zero attached hydrogens (tertiary/aromatic N) is 5. The van der Waals surface area contributed by atoms with Crippen molar-refractivity contribution in [3.63, 3.8) is 0 Å². The van der Waals surface area contributed by atoms with Crippen LogP contribution in [0.15, 0.2) is 54.9 Å². The second kappa shape index (κ2) is 16.4. The third kappa shape index (κ3) is 9.09. The lowest BCUT2D eigenvalue weighted by molar-refractivity contribution is -0.138. The number of carbonyl (C=O) groups is 3. The molecular formula is C35H45FN6O5. The Morgan fingerprint density at radius 1 is 0.979 bits per heavy atom. The summed E-state index contributed by atoms with van der Waals surface area (Å²) >= 11 is 0. The molecule has 2 N–H and O–H groups in total. The van der Waals surface area contributed by atoms with Gasteiger partial charge in [0.25, 0.3) is 0 Å². The van der Waals surface area contributed by atoms with Gasteiger partial charge in [-0.25, -0.2) is 9.37 Å². The zero-order valence-electron chi connectivity index (χ0n) is 27.1. The molecule has 2 aromatic carbocycles. The van der Waals surface area contributed by atoms with Gasteiger partial charge in [0.15, 0.2) is 11.5 Å². The number of primary amides is 1. The fourth-order valence-electron chi connectivity index (χ4n) is 6.47. The van der Waals surface area contributed by atoms with Gasteiger partial charge in [-0.3, -0.25) is 19.3 Å². The minimum absolute atomic E-state index is 0.0533. The third-order valence-electron chi connectivity index (χ3n) is 8.89. The van der Waals surface area contributed by atoms with Crippen molar-refractivity contribution in [1.82, 2.24) is 24.3 Å². The molecule has 0 aliphatic carbocycles. The SMILES string of the molecule is COc1ccc2cc1OCCN(C(=O)Cc1ccccc1F)CCCCN(C(=O)C1CCCN(CC(N)=O)C1)CCCn1ccnc1-2. The zero-order valence-corrected chi connectivity index (χ0v) is 27.1. The summed E-state index contributed by atoms with van der Waals surface area (Å²) in [5.74, 6) is 0.783. The summed E-state index contributed by atoms with van der Waals surface area (Å²) in [5.41, 5.74) is 6.65. The second-order valence-corrected chi connectivity index (χ2v) is 12.2. The quantitative estimate of drug-likeness (QED) is 0.435. The van der Waals surface area contributed by atoms with Gasteiger partial charge in [0, 0.05) is 50.7 Å². The van der Waals surface area contributed by atoms with Crippen LogP contribution in [0.25, 0.3) is 11.4 Å². The minimum atomic E-state index is -0.409. The minimum Gasteiger partial charge on any atom is -0.493 e. The Balaban J connectivity index is 1.36. The van der Waals surface area contributed by atoms with Crippen LogP contribution in [0.2, 0.25) is 0 Å². The molecule has 5 rings (SSSR count). The molecular weight excluding hydrogens is 603 g/mol. The molecule has 252 valence electrons. The molecule has 0 radical (unpaired) electrons. The van der Waals surface area contributed by atoms with E-state index in [0.717, 1.165) is 37.2 Å². The van der Waals surface area contributed by atoms with Gasteiger partial charge in [-0.2, -0.15) is 0 Å². The molecule has 1 atom stereocenters. The summed E-state index contributed by atoms with van der Waals surface area (Å²) in [6.07, 6.45) is 7.32. The van der Waals surface area contributed by atoms with Gasteiger partial charge in [-0.05, 0) is 68.5 Å². The maximum absolute atomic E-state index is 14.4. The standard InChI is InChI=1S/C35H45FN6O5/c1-46-30-12-11-27-22-31(30)47-21-20-40(33(44)23-26-8-2-3-10-29(26)36)15-4-5-16-42(18-7-17-41-19-13-38-34(27)41)35(45)28-9-6-14-39(24-28)25-32(37)43/h2-3,8,10-13,19,22,28H,4-7,9,14-18,20-21,23-25H2,1H3,(H2,37,43). The van der Waals surface area contributed by atoms with E-state index in [2.05, 4.69) is 9.55 Å². The monoisotopic (exact) mass is 648 g/mol. The number of rotatable bonds is 6. The lowest BCUT2D eigenvalue weighted by Gasteiger charge is -2.34. The highest BCUT2D eigenvalue weighted by molar-refractivity contribution is 5.80. The summed E-state index contributed by atoms with van der Waals surface area (Å²) in [4.78, 5) is 49.1. The molecule has 3 heterocycles. The molecule has 0 saturated carbocycles. The lowest BCUT2D eigenvalue weighted by atomic mass is 9.96. The molecule has 2 aliphatic rings. The van der Waals surface area contributed by atoms with Gasteiger partial charge in [0.05, 0.1) is 32.5 Å². The van der Waals surface area contributed by atoms with E-state index in [4.69, 9.17) is 15.2 Å². The predicted molar refractivity (Wildman–Crippen MR) is 175 cm³/mol. The van der Waals surface area contributed by atoms with Gasteiger partial charge >= 0.3 is 0 Å². The molecule has 2 aliphatic heterocycles. The number of nitrogens with two attached hydrogens (primary N) is 1.